The molecule has 1 unspecified atom stereocenters. The van der Waals surface area contributed by atoms with Crippen molar-refractivity contribution in [2.24, 2.45) is 5.73 Å². The third-order valence-corrected chi connectivity index (χ3v) is 5.21. The summed E-state index contributed by atoms with van der Waals surface area (Å²) in [5, 5.41) is 0. The van der Waals surface area contributed by atoms with E-state index in [4.69, 9.17) is 5.73 Å². The predicted octanol–water partition coefficient (Wildman–Crippen LogP) is -0.00550. The molecule has 1 atom stereocenters. The van der Waals surface area contributed by atoms with Gasteiger partial charge in [0.1, 0.15) is 0 Å². The van der Waals surface area contributed by atoms with Gasteiger partial charge in [0.05, 0.1) is 0 Å². The summed E-state index contributed by atoms with van der Waals surface area (Å²) in [6.07, 6.45) is 1.79. The van der Waals surface area contributed by atoms with Crippen LogP contribution in [0.3, 0.4) is 0 Å². The van der Waals surface area contributed by atoms with Crippen LogP contribution in [0.25, 0.3) is 0 Å². The van der Waals surface area contributed by atoms with Gasteiger partial charge in [0, 0.05) is 32.2 Å². The monoisotopic (exact) mass is 235 g/mol. The van der Waals surface area contributed by atoms with Gasteiger partial charge in [0.25, 0.3) is 10.2 Å². The van der Waals surface area contributed by atoms with Gasteiger partial charge in [-0.05, 0) is 26.7 Å². The second-order valence-corrected chi connectivity index (χ2v) is 6.20. The lowest BCUT2D eigenvalue weighted by Crippen LogP contribution is -2.48. The third kappa shape index (κ3) is 2.50. The summed E-state index contributed by atoms with van der Waals surface area (Å²) >= 11 is 0. The molecule has 0 aromatic rings. The summed E-state index contributed by atoms with van der Waals surface area (Å²) < 4.78 is 27.2. The van der Waals surface area contributed by atoms with Crippen LogP contribution in [-0.4, -0.2) is 49.2 Å². The fourth-order valence-electron chi connectivity index (χ4n) is 1.78. The molecule has 15 heavy (non-hydrogen) atoms. The standard InChI is InChI=1S/C9H21N3O2S/c1-8(2)11(3)15(13,14)12-6-4-5-9(12)7-10/h8-9H,4-7,10H2,1-3H3. The van der Waals surface area contributed by atoms with Gasteiger partial charge in [-0.2, -0.15) is 17.0 Å². The number of nitrogens with two attached hydrogens (primary N) is 1. The number of nitrogens with zero attached hydrogens (tertiary/aromatic N) is 2. The topological polar surface area (TPSA) is 66.6 Å². The van der Waals surface area contributed by atoms with Gasteiger partial charge in [-0.1, -0.05) is 0 Å². The molecule has 0 amide bonds. The third-order valence-electron chi connectivity index (χ3n) is 2.98. The Hall–Kier alpha value is -0.170. The molecule has 1 fully saturated rings. The Labute approximate surface area is 92.4 Å². The first kappa shape index (κ1) is 12.9. The van der Waals surface area contributed by atoms with Gasteiger partial charge in [-0.3, -0.25) is 0 Å². The molecule has 1 aliphatic rings. The highest BCUT2D eigenvalue weighted by atomic mass is 32.2. The SMILES string of the molecule is CC(C)N(C)S(=O)(=O)N1CCCC1CN. The molecule has 2 N–H and O–H groups in total. The number of hydrogen-bond donors (Lipinski definition) is 1. The molecule has 0 bridgehead atoms. The molecule has 1 rings (SSSR count). The van der Waals surface area contributed by atoms with Crippen molar-refractivity contribution in [2.45, 2.75) is 38.8 Å². The fraction of sp³-hybridized carbons (Fsp3) is 1.00. The van der Waals surface area contributed by atoms with Crippen molar-refractivity contribution in [1.82, 2.24) is 8.61 Å². The van der Waals surface area contributed by atoms with Crippen LogP contribution in [0, 0.1) is 0 Å². The lowest BCUT2D eigenvalue weighted by molar-refractivity contribution is 0.325. The maximum Gasteiger partial charge on any atom is 0.282 e. The summed E-state index contributed by atoms with van der Waals surface area (Å²) in [7, 11) is -1.70. The van der Waals surface area contributed by atoms with E-state index in [9.17, 15) is 8.42 Å². The van der Waals surface area contributed by atoms with Gasteiger partial charge < -0.3 is 5.73 Å². The van der Waals surface area contributed by atoms with E-state index in [0.29, 0.717) is 13.1 Å². The Morgan fingerprint density at radius 1 is 1.53 bits per heavy atom. The maximum atomic E-state index is 12.1. The van der Waals surface area contributed by atoms with Gasteiger partial charge in [-0.25, -0.2) is 0 Å². The van der Waals surface area contributed by atoms with Gasteiger partial charge in [0.2, 0.25) is 0 Å². The van der Waals surface area contributed by atoms with Crippen LogP contribution in [0.5, 0.6) is 0 Å². The molecule has 0 aromatic carbocycles. The molecule has 1 heterocycles. The summed E-state index contributed by atoms with van der Waals surface area (Å²) in [4.78, 5) is 0. The molecule has 6 heteroatoms. The van der Waals surface area contributed by atoms with Crippen LogP contribution in [-0.2, 0) is 10.2 Å². The molecular formula is C9H21N3O2S. The van der Waals surface area contributed by atoms with E-state index in [1.54, 1.807) is 7.05 Å². The first-order valence-electron chi connectivity index (χ1n) is 5.36. The van der Waals surface area contributed by atoms with E-state index in [0.717, 1.165) is 12.8 Å². The van der Waals surface area contributed by atoms with E-state index in [-0.39, 0.29) is 12.1 Å². The predicted molar refractivity (Wildman–Crippen MR) is 60.6 cm³/mol. The van der Waals surface area contributed by atoms with E-state index < -0.39 is 10.2 Å². The van der Waals surface area contributed by atoms with Crippen molar-refractivity contribution >= 4 is 10.2 Å². The van der Waals surface area contributed by atoms with Crippen LogP contribution < -0.4 is 5.73 Å². The van der Waals surface area contributed by atoms with Gasteiger partial charge in [0.15, 0.2) is 0 Å². The highest BCUT2D eigenvalue weighted by Gasteiger charge is 2.36. The largest absolute Gasteiger partial charge is 0.329 e. The Balaban J connectivity index is 2.86. The molecule has 1 saturated heterocycles. The van der Waals surface area contributed by atoms with Crippen molar-refractivity contribution in [2.75, 3.05) is 20.1 Å². The fourth-order valence-corrected chi connectivity index (χ4v) is 3.57. The Kier molecular flexibility index (Phi) is 4.11. The van der Waals surface area contributed by atoms with E-state index in [1.165, 1.54) is 8.61 Å². The zero-order valence-electron chi connectivity index (χ0n) is 9.68. The highest BCUT2D eigenvalue weighted by Crippen LogP contribution is 2.22. The van der Waals surface area contributed by atoms with Gasteiger partial charge >= 0.3 is 0 Å². The zero-order valence-corrected chi connectivity index (χ0v) is 10.5. The number of hydrogen-bond acceptors (Lipinski definition) is 3. The average molecular weight is 235 g/mol. The lowest BCUT2D eigenvalue weighted by Gasteiger charge is -2.30. The summed E-state index contributed by atoms with van der Waals surface area (Å²) in [5.41, 5.74) is 5.57. The lowest BCUT2D eigenvalue weighted by atomic mass is 10.2. The van der Waals surface area contributed by atoms with E-state index in [1.807, 2.05) is 13.8 Å². The molecule has 90 valence electrons. The Bertz CT molecular complexity index is 302. The van der Waals surface area contributed by atoms with E-state index in [2.05, 4.69) is 0 Å². The quantitative estimate of drug-likeness (QED) is 0.745. The molecule has 0 aromatic heterocycles. The molecule has 0 radical (unpaired) electrons. The highest BCUT2D eigenvalue weighted by molar-refractivity contribution is 7.86. The minimum atomic E-state index is -3.31. The first-order valence-corrected chi connectivity index (χ1v) is 6.75. The Morgan fingerprint density at radius 2 is 2.13 bits per heavy atom. The summed E-state index contributed by atoms with van der Waals surface area (Å²) in [6, 6.07) is -0.0368. The minimum absolute atomic E-state index is 0.0174. The zero-order chi connectivity index (χ0) is 11.6. The van der Waals surface area contributed by atoms with Crippen LogP contribution in [0.15, 0.2) is 0 Å². The van der Waals surface area contributed by atoms with Crippen LogP contribution in [0.2, 0.25) is 0 Å². The van der Waals surface area contributed by atoms with Crippen molar-refractivity contribution in [3.63, 3.8) is 0 Å². The maximum absolute atomic E-state index is 12.1. The second-order valence-electron chi connectivity index (χ2n) is 4.26. The molecule has 0 saturated carbocycles. The first-order chi connectivity index (χ1) is 6.91. The van der Waals surface area contributed by atoms with Crippen molar-refractivity contribution in [1.29, 1.82) is 0 Å². The van der Waals surface area contributed by atoms with Crippen molar-refractivity contribution < 1.29 is 8.42 Å². The summed E-state index contributed by atoms with van der Waals surface area (Å²) in [6.45, 7) is 4.74. The smallest absolute Gasteiger partial charge is 0.282 e. The normalized spacial score (nSPS) is 24.3. The van der Waals surface area contributed by atoms with Crippen LogP contribution >= 0.6 is 0 Å². The van der Waals surface area contributed by atoms with Gasteiger partial charge in [-0.15, -0.1) is 0 Å². The average Bonchev–Trinajstić information content (AvgIpc) is 2.64. The van der Waals surface area contributed by atoms with Crippen molar-refractivity contribution in [3.8, 4) is 0 Å². The Morgan fingerprint density at radius 3 is 2.60 bits per heavy atom. The molecule has 0 aliphatic carbocycles. The number of rotatable bonds is 4. The second kappa shape index (κ2) is 4.78. The van der Waals surface area contributed by atoms with E-state index >= 15 is 0 Å². The van der Waals surface area contributed by atoms with Crippen molar-refractivity contribution in [3.05, 3.63) is 0 Å². The molecular weight excluding hydrogens is 214 g/mol. The summed E-state index contributed by atoms with van der Waals surface area (Å²) in [5.74, 6) is 0. The van der Waals surface area contributed by atoms with Crippen LogP contribution in [0.4, 0.5) is 0 Å². The molecule has 5 nitrogen and oxygen atoms in total. The molecule has 1 aliphatic heterocycles. The van der Waals surface area contributed by atoms with Crippen LogP contribution in [0.1, 0.15) is 26.7 Å². The minimum Gasteiger partial charge on any atom is -0.329 e. The molecule has 0 spiro atoms.